The highest BCUT2D eigenvalue weighted by Gasteiger charge is 2.33. The summed E-state index contributed by atoms with van der Waals surface area (Å²) in [5, 5.41) is 6.61. The molecule has 1 amide bonds. The fraction of sp³-hybridized carbons (Fsp3) is 0.421. The maximum Gasteiger partial charge on any atom is 0.416 e. The largest absolute Gasteiger partial charge is 0.416 e. The number of aryl methyl sites for hydroxylation is 1. The van der Waals surface area contributed by atoms with Gasteiger partial charge < -0.3 is 10.2 Å². The fourth-order valence-electron chi connectivity index (χ4n) is 3.34. The maximum atomic E-state index is 13.1. The van der Waals surface area contributed by atoms with Gasteiger partial charge in [-0.05, 0) is 24.5 Å². The zero-order valence-electron chi connectivity index (χ0n) is 15.4. The molecule has 1 saturated heterocycles. The van der Waals surface area contributed by atoms with Gasteiger partial charge in [0.05, 0.1) is 23.4 Å². The molecule has 2 heterocycles. The Balaban J connectivity index is 1.65. The van der Waals surface area contributed by atoms with E-state index in [0.717, 1.165) is 12.5 Å². The molecule has 1 aromatic carbocycles. The van der Waals surface area contributed by atoms with E-state index in [0.29, 0.717) is 25.2 Å². The third-order valence-electron chi connectivity index (χ3n) is 4.89. The number of rotatable bonds is 4. The lowest BCUT2D eigenvalue weighted by Gasteiger charge is -2.33. The summed E-state index contributed by atoms with van der Waals surface area (Å²) in [6.07, 6.45) is -1.51. The first kappa shape index (κ1) is 19.9. The summed E-state index contributed by atoms with van der Waals surface area (Å²) in [5.41, 5.74) is -0.311. The van der Waals surface area contributed by atoms with Gasteiger partial charge in [-0.25, -0.2) is 4.68 Å². The minimum absolute atomic E-state index is 0.0340. The molecular formula is C19H21F3N4O2. The van der Waals surface area contributed by atoms with E-state index in [1.165, 1.54) is 28.9 Å². The van der Waals surface area contributed by atoms with Gasteiger partial charge in [-0.1, -0.05) is 18.2 Å². The van der Waals surface area contributed by atoms with Crippen LogP contribution in [0.2, 0.25) is 0 Å². The van der Waals surface area contributed by atoms with Crippen molar-refractivity contribution < 1.29 is 18.0 Å². The van der Waals surface area contributed by atoms with E-state index in [4.69, 9.17) is 0 Å². The summed E-state index contributed by atoms with van der Waals surface area (Å²) in [6.45, 7) is 0.898. The van der Waals surface area contributed by atoms with Crippen LogP contribution in [0.15, 0.2) is 41.3 Å². The number of halogens is 3. The molecule has 0 radical (unpaired) electrons. The lowest BCUT2D eigenvalue weighted by atomic mass is 9.96. The van der Waals surface area contributed by atoms with Crippen molar-refractivity contribution in [2.24, 2.45) is 13.0 Å². The molecule has 1 N–H and O–H groups in total. The van der Waals surface area contributed by atoms with Gasteiger partial charge in [0.2, 0.25) is 5.91 Å². The number of nitrogens with one attached hydrogen (secondary N) is 1. The van der Waals surface area contributed by atoms with E-state index >= 15 is 0 Å². The third-order valence-corrected chi connectivity index (χ3v) is 4.89. The lowest BCUT2D eigenvalue weighted by Crippen LogP contribution is -2.43. The van der Waals surface area contributed by atoms with E-state index in [-0.39, 0.29) is 29.5 Å². The number of amides is 1. The predicted octanol–water partition coefficient (Wildman–Crippen LogP) is 2.33. The molecular weight excluding hydrogens is 373 g/mol. The van der Waals surface area contributed by atoms with Crippen LogP contribution in [0.3, 0.4) is 0 Å². The Morgan fingerprint density at radius 3 is 2.79 bits per heavy atom. The van der Waals surface area contributed by atoms with Crippen molar-refractivity contribution >= 4 is 11.6 Å². The summed E-state index contributed by atoms with van der Waals surface area (Å²) >= 11 is 0. The normalized spacial score (nSPS) is 17.4. The van der Waals surface area contributed by atoms with Crippen molar-refractivity contribution in [1.29, 1.82) is 0 Å². The molecule has 0 spiro atoms. The van der Waals surface area contributed by atoms with Gasteiger partial charge in [-0.3, -0.25) is 9.59 Å². The number of aromatic nitrogens is 2. The van der Waals surface area contributed by atoms with Crippen molar-refractivity contribution in [2.75, 3.05) is 18.0 Å². The molecule has 1 aliphatic heterocycles. The van der Waals surface area contributed by atoms with Crippen LogP contribution >= 0.6 is 0 Å². The summed E-state index contributed by atoms with van der Waals surface area (Å²) in [5.74, 6) is -0.658. The van der Waals surface area contributed by atoms with E-state index in [9.17, 15) is 22.8 Å². The highest BCUT2D eigenvalue weighted by atomic mass is 19.4. The van der Waals surface area contributed by atoms with Crippen molar-refractivity contribution in [1.82, 2.24) is 15.1 Å². The zero-order chi connectivity index (χ0) is 20.3. The van der Waals surface area contributed by atoms with Crippen molar-refractivity contribution in [3.63, 3.8) is 0 Å². The van der Waals surface area contributed by atoms with Gasteiger partial charge in [-0.15, -0.1) is 0 Å². The fourth-order valence-corrected chi connectivity index (χ4v) is 3.34. The van der Waals surface area contributed by atoms with Crippen LogP contribution in [0.5, 0.6) is 0 Å². The lowest BCUT2D eigenvalue weighted by molar-refractivity contribution is -0.138. The Morgan fingerprint density at radius 2 is 2.07 bits per heavy atom. The smallest absolute Gasteiger partial charge is 0.369 e. The summed E-state index contributed by atoms with van der Waals surface area (Å²) < 4.78 is 40.4. The van der Waals surface area contributed by atoms with Crippen LogP contribution in [-0.2, 0) is 24.6 Å². The molecule has 0 bridgehead atoms. The molecule has 1 atom stereocenters. The Hall–Kier alpha value is -2.84. The van der Waals surface area contributed by atoms with Crippen LogP contribution in [0, 0.1) is 5.92 Å². The van der Waals surface area contributed by atoms with Crippen molar-refractivity contribution in [3.8, 4) is 0 Å². The SMILES string of the molecule is Cn1ncc(N2CCCC(C(=O)NCc3ccccc3C(F)(F)F)C2)cc1=O. The monoisotopic (exact) mass is 394 g/mol. The van der Waals surface area contributed by atoms with Gasteiger partial charge in [-0.2, -0.15) is 18.3 Å². The highest BCUT2D eigenvalue weighted by Crippen LogP contribution is 2.31. The number of anilines is 1. The first-order valence-corrected chi connectivity index (χ1v) is 8.97. The molecule has 28 heavy (non-hydrogen) atoms. The third kappa shape index (κ3) is 4.52. The number of hydrogen-bond donors (Lipinski definition) is 1. The number of nitrogens with zero attached hydrogens (tertiary/aromatic N) is 3. The predicted molar refractivity (Wildman–Crippen MR) is 97.7 cm³/mol. The van der Waals surface area contributed by atoms with Crippen LogP contribution in [-0.4, -0.2) is 28.8 Å². The molecule has 3 rings (SSSR count). The minimum Gasteiger partial charge on any atom is -0.369 e. The van der Waals surface area contributed by atoms with Crippen molar-refractivity contribution in [2.45, 2.75) is 25.6 Å². The van der Waals surface area contributed by atoms with Gasteiger partial charge in [0, 0.05) is 32.7 Å². The average Bonchev–Trinajstić information content (AvgIpc) is 2.68. The maximum absolute atomic E-state index is 13.1. The number of hydrogen-bond acceptors (Lipinski definition) is 4. The van der Waals surface area contributed by atoms with Gasteiger partial charge >= 0.3 is 6.18 Å². The van der Waals surface area contributed by atoms with E-state index in [1.54, 1.807) is 13.2 Å². The molecule has 2 aromatic rings. The molecule has 1 aliphatic rings. The zero-order valence-corrected chi connectivity index (χ0v) is 15.4. The molecule has 1 fully saturated rings. The van der Waals surface area contributed by atoms with Crippen LogP contribution in [0.4, 0.5) is 18.9 Å². The van der Waals surface area contributed by atoms with E-state index < -0.39 is 11.7 Å². The van der Waals surface area contributed by atoms with E-state index in [1.807, 2.05) is 4.90 Å². The summed E-state index contributed by atoms with van der Waals surface area (Å²) in [6, 6.07) is 6.68. The first-order valence-electron chi connectivity index (χ1n) is 8.97. The second-order valence-electron chi connectivity index (χ2n) is 6.83. The Bertz CT molecular complexity index is 911. The Kier molecular flexibility index (Phi) is 5.71. The molecule has 0 saturated carbocycles. The molecule has 1 aromatic heterocycles. The van der Waals surface area contributed by atoms with Crippen molar-refractivity contribution in [3.05, 3.63) is 58.0 Å². The van der Waals surface area contributed by atoms with Gasteiger partial charge in [0.25, 0.3) is 5.56 Å². The Labute approximate surface area is 160 Å². The molecule has 6 nitrogen and oxygen atoms in total. The topological polar surface area (TPSA) is 67.2 Å². The highest BCUT2D eigenvalue weighted by molar-refractivity contribution is 5.79. The van der Waals surface area contributed by atoms with Crippen LogP contribution < -0.4 is 15.8 Å². The molecule has 0 aliphatic carbocycles. The second-order valence-corrected chi connectivity index (χ2v) is 6.83. The molecule has 150 valence electrons. The average molecular weight is 394 g/mol. The molecule has 1 unspecified atom stereocenters. The summed E-state index contributed by atoms with van der Waals surface area (Å²) in [4.78, 5) is 26.2. The summed E-state index contributed by atoms with van der Waals surface area (Å²) in [7, 11) is 1.55. The number of carbonyl (C=O) groups excluding carboxylic acids is 1. The minimum atomic E-state index is -4.46. The number of alkyl halides is 3. The van der Waals surface area contributed by atoms with Gasteiger partial charge in [0.15, 0.2) is 0 Å². The van der Waals surface area contributed by atoms with Crippen LogP contribution in [0.1, 0.15) is 24.0 Å². The Morgan fingerprint density at radius 1 is 1.32 bits per heavy atom. The van der Waals surface area contributed by atoms with Gasteiger partial charge in [0.1, 0.15) is 0 Å². The second kappa shape index (κ2) is 8.04. The standard InChI is InChI=1S/C19H21F3N4O2/c1-25-17(27)9-15(11-24-25)26-8-4-6-14(12-26)18(28)23-10-13-5-2-3-7-16(13)19(20,21)22/h2-3,5,7,9,11,14H,4,6,8,10,12H2,1H3,(H,23,28). The van der Waals surface area contributed by atoms with Crippen LogP contribution in [0.25, 0.3) is 0 Å². The number of carbonyl (C=O) groups is 1. The quantitative estimate of drug-likeness (QED) is 0.865. The number of benzene rings is 1. The first-order chi connectivity index (χ1) is 13.3. The van der Waals surface area contributed by atoms with E-state index in [2.05, 4.69) is 10.4 Å². The number of piperidine rings is 1. The molecule has 9 heteroatoms.